The number of carbonyl (C=O) groups is 1. The molecule has 1 amide bonds. The number of nitrogens with zero attached hydrogens (tertiary/aromatic N) is 1. The van der Waals surface area contributed by atoms with E-state index in [4.69, 9.17) is 5.73 Å². The molecule has 2 N–H and O–H groups in total. The largest absolute Gasteiger partial charge is 0.338 e. The maximum absolute atomic E-state index is 12.3. The molecule has 17 heavy (non-hydrogen) atoms. The average Bonchev–Trinajstić information content (AvgIpc) is 2.70. The van der Waals surface area contributed by atoms with Crippen LogP contribution < -0.4 is 5.73 Å². The van der Waals surface area contributed by atoms with E-state index in [0.717, 1.165) is 18.9 Å². The molecule has 2 unspecified atom stereocenters. The van der Waals surface area contributed by atoms with Crippen LogP contribution in [0.25, 0.3) is 0 Å². The van der Waals surface area contributed by atoms with Gasteiger partial charge in [-0.25, -0.2) is 0 Å². The van der Waals surface area contributed by atoms with E-state index >= 15 is 0 Å². The molecule has 2 rings (SSSR count). The van der Waals surface area contributed by atoms with Gasteiger partial charge in [0.15, 0.2) is 0 Å². The van der Waals surface area contributed by atoms with Gasteiger partial charge in [-0.3, -0.25) is 4.79 Å². The molecule has 0 radical (unpaired) electrons. The third-order valence-electron chi connectivity index (χ3n) is 4.34. The number of rotatable bonds is 3. The summed E-state index contributed by atoms with van der Waals surface area (Å²) in [4.78, 5) is 14.4. The van der Waals surface area contributed by atoms with Crippen LogP contribution in [-0.2, 0) is 4.79 Å². The number of hydrogen-bond acceptors (Lipinski definition) is 2. The van der Waals surface area contributed by atoms with Crippen LogP contribution in [0.2, 0.25) is 0 Å². The average molecular weight is 238 g/mol. The van der Waals surface area contributed by atoms with Crippen molar-refractivity contribution in [1.29, 1.82) is 0 Å². The van der Waals surface area contributed by atoms with Crippen LogP contribution in [0, 0.1) is 11.8 Å². The van der Waals surface area contributed by atoms with E-state index < -0.39 is 0 Å². The number of nitrogens with two attached hydrogens (primary N) is 1. The molecule has 0 aromatic heterocycles. The maximum Gasteiger partial charge on any atom is 0.239 e. The van der Waals surface area contributed by atoms with Gasteiger partial charge in [-0.15, -0.1) is 0 Å². The molecule has 2 aliphatic rings. The standard InChI is InChI=1S/C14H26N2O/c1-10(2)9-12(15)14(17)16-8-7-11-5-3-4-6-13(11)16/h10-13H,3-9,15H2,1-2H3/t11?,12-,13?/m1/s1. The second-order valence-electron chi connectivity index (χ2n) is 6.17. The van der Waals surface area contributed by atoms with Gasteiger partial charge in [0.2, 0.25) is 5.91 Å². The zero-order valence-corrected chi connectivity index (χ0v) is 11.2. The Labute approximate surface area is 105 Å². The molecule has 1 heterocycles. The molecular formula is C14H26N2O. The van der Waals surface area contributed by atoms with Gasteiger partial charge < -0.3 is 10.6 Å². The van der Waals surface area contributed by atoms with E-state index in [9.17, 15) is 4.79 Å². The van der Waals surface area contributed by atoms with Crippen molar-refractivity contribution in [2.75, 3.05) is 6.54 Å². The highest BCUT2D eigenvalue weighted by Gasteiger charge is 2.39. The Kier molecular flexibility index (Phi) is 4.08. The van der Waals surface area contributed by atoms with Gasteiger partial charge in [-0.2, -0.15) is 0 Å². The van der Waals surface area contributed by atoms with Gasteiger partial charge in [0, 0.05) is 12.6 Å². The zero-order valence-electron chi connectivity index (χ0n) is 11.2. The fraction of sp³-hybridized carbons (Fsp3) is 0.929. The summed E-state index contributed by atoms with van der Waals surface area (Å²) in [5.74, 6) is 1.46. The minimum Gasteiger partial charge on any atom is -0.338 e. The molecule has 0 aromatic carbocycles. The lowest BCUT2D eigenvalue weighted by Gasteiger charge is -2.33. The highest BCUT2D eigenvalue weighted by atomic mass is 16.2. The fourth-order valence-electron chi connectivity index (χ4n) is 3.50. The quantitative estimate of drug-likeness (QED) is 0.819. The van der Waals surface area contributed by atoms with Crippen molar-refractivity contribution < 1.29 is 4.79 Å². The first-order valence-corrected chi connectivity index (χ1v) is 7.15. The maximum atomic E-state index is 12.3. The van der Waals surface area contributed by atoms with Crippen LogP contribution in [0.3, 0.4) is 0 Å². The topological polar surface area (TPSA) is 46.3 Å². The van der Waals surface area contributed by atoms with Crippen LogP contribution in [0.15, 0.2) is 0 Å². The fourth-order valence-corrected chi connectivity index (χ4v) is 3.50. The molecule has 3 atom stereocenters. The van der Waals surface area contributed by atoms with Crippen molar-refractivity contribution in [3.8, 4) is 0 Å². The first-order valence-electron chi connectivity index (χ1n) is 7.15. The normalized spacial score (nSPS) is 30.5. The molecule has 0 aromatic rings. The highest BCUT2D eigenvalue weighted by Crippen LogP contribution is 2.36. The van der Waals surface area contributed by atoms with E-state index in [0.29, 0.717) is 12.0 Å². The van der Waals surface area contributed by atoms with E-state index in [-0.39, 0.29) is 11.9 Å². The summed E-state index contributed by atoms with van der Waals surface area (Å²) in [5, 5.41) is 0. The molecular weight excluding hydrogens is 212 g/mol. The van der Waals surface area contributed by atoms with Crippen molar-refractivity contribution in [1.82, 2.24) is 4.90 Å². The van der Waals surface area contributed by atoms with Crippen molar-refractivity contribution in [2.45, 2.75) is 64.5 Å². The lowest BCUT2D eigenvalue weighted by molar-refractivity contribution is -0.134. The van der Waals surface area contributed by atoms with Crippen molar-refractivity contribution in [2.24, 2.45) is 17.6 Å². The van der Waals surface area contributed by atoms with Crippen molar-refractivity contribution >= 4 is 5.91 Å². The Morgan fingerprint density at radius 2 is 2.00 bits per heavy atom. The summed E-state index contributed by atoms with van der Waals surface area (Å²) < 4.78 is 0. The molecule has 2 fully saturated rings. The van der Waals surface area contributed by atoms with Gasteiger partial charge >= 0.3 is 0 Å². The van der Waals surface area contributed by atoms with E-state index in [2.05, 4.69) is 18.7 Å². The Balaban J connectivity index is 1.95. The minimum absolute atomic E-state index is 0.202. The number of hydrogen-bond donors (Lipinski definition) is 1. The van der Waals surface area contributed by atoms with E-state index in [1.165, 1.54) is 32.1 Å². The summed E-state index contributed by atoms with van der Waals surface area (Å²) in [6.45, 7) is 5.20. The van der Waals surface area contributed by atoms with Gasteiger partial charge in [0.05, 0.1) is 6.04 Å². The first-order chi connectivity index (χ1) is 8.09. The van der Waals surface area contributed by atoms with Gasteiger partial charge in [0.1, 0.15) is 0 Å². The van der Waals surface area contributed by atoms with Crippen LogP contribution >= 0.6 is 0 Å². The molecule has 3 heteroatoms. The third kappa shape index (κ3) is 2.82. The van der Waals surface area contributed by atoms with E-state index in [1.807, 2.05) is 0 Å². The summed E-state index contributed by atoms with van der Waals surface area (Å²) in [7, 11) is 0. The predicted octanol–water partition coefficient (Wildman–Crippen LogP) is 2.15. The van der Waals surface area contributed by atoms with Crippen LogP contribution in [-0.4, -0.2) is 29.4 Å². The van der Waals surface area contributed by atoms with Crippen LogP contribution in [0.5, 0.6) is 0 Å². The lowest BCUT2D eigenvalue weighted by atomic mass is 9.85. The lowest BCUT2D eigenvalue weighted by Crippen LogP contribution is -2.48. The molecule has 1 aliphatic heterocycles. The van der Waals surface area contributed by atoms with Gasteiger partial charge in [-0.05, 0) is 37.5 Å². The van der Waals surface area contributed by atoms with Gasteiger partial charge in [0.25, 0.3) is 0 Å². The Morgan fingerprint density at radius 1 is 1.29 bits per heavy atom. The Hall–Kier alpha value is -0.570. The number of carbonyl (C=O) groups excluding carboxylic acids is 1. The molecule has 0 bridgehead atoms. The van der Waals surface area contributed by atoms with E-state index in [1.54, 1.807) is 0 Å². The summed E-state index contributed by atoms with van der Waals surface area (Å²) in [6, 6.07) is 0.227. The third-order valence-corrected chi connectivity index (χ3v) is 4.34. The molecule has 3 nitrogen and oxygen atoms in total. The van der Waals surface area contributed by atoms with Crippen LogP contribution in [0.1, 0.15) is 52.4 Å². The smallest absolute Gasteiger partial charge is 0.239 e. The van der Waals surface area contributed by atoms with Gasteiger partial charge in [-0.1, -0.05) is 26.7 Å². The Bertz CT molecular complexity index is 277. The minimum atomic E-state index is -0.282. The molecule has 1 aliphatic carbocycles. The second-order valence-corrected chi connectivity index (χ2v) is 6.17. The molecule has 98 valence electrons. The van der Waals surface area contributed by atoms with Crippen molar-refractivity contribution in [3.63, 3.8) is 0 Å². The molecule has 1 saturated heterocycles. The van der Waals surface area contributed by atoms with Crippen molar-refractivity contribution in [3.05, 3.63) is 0 Å². The highest BCUT2D eigenvalue weighted by molar-refractivity contribution is 5.82. The second kappa shape index (κ2) is 5.38. The zero-order chi connectivity index (χ0) is 12.4. The summed E-state index contributed by atoms with van der Waals surface area (Å²) >= 11 is 0. The number of likely N-dealkylation sites (tertiary alicyclic amines) is 1. The number of fused-ring (bicyclic) bond motifs is 1. The Morgan fingerprint density at radius 3 is 2.71 bits per heavy atom. The molecule has 0 spiro atoms. The first kappa shape index (κ1) is 12.9. The SMILES string of the molecule is CC(C)C[C@@H](N)C(=O)N1CCC2CCCCC21. The predicted molar refractivity (Wildman–Crippen MR) is 69.5 cm³/mol. The summed E-state index contributed by atoms with van der Waals surface area (Å²) in [5.41, 5.74) is 6.03. The monoisotopic (exact) mass is 238 g/mol. The van der Waals surface area contributed by atoms with Crippen LogP contribution in [0.4, 0.5) is 0 Å². The summed E-state index contributed by atoms with van der Waals surface area (Å²) in [6.07, 6.45) is 7.15. The number of amides is 1. The molecule has 1 saturated carbocycles.